The van der Waals surface area contributed by atoms with Gasteiger partial charge in [0.15, 0.2) is 6.29 Å². The second kappa shape index (κ2) is 31.8. The monoisotopic (exact) mass is 761 g/mol. The number of hydrogen-bond donors (Lipinski definition) is 7. The summed E-state index contributed by atoms with van der Waals surface area (Å²) in [7, 11) is 1.55. The van der Waals surface area contributed by atoms with Crippen LogP contribution in [-0.2, 0) is 19.1 Å². The van der Waals surface area contributed by atoms with Crippen molar-refractivity contribution >= 4 is 11.8 Å². The number of nitrogens with one attached hydrogen (secondary N) is 1. The van der Waals surface area contributed by atoms with E-state index in [0.29, 0.717) is 19.3 Å². The Morgan fingerprint density at radius 3 is 1.60 bits per heavy atom. The quantitative estimate of drug-likeness (QED) is 0.0427. The standard InChI is InChI=1S/C41H80N2O10/c1-4-6-8-10-12-14-16-17-18-19-21-23-25-27-33(45)37(48)32(31-52-41-40(51)39(50)38(49)34(30-44)53-41)42-35(46)29-43(3)36(47)28-26-24-22-20-15-13-11-9-7-5-2/h32-34,37-41,44-45,48-51H,4-31H2,1-3H3,(H,42,46)/t32-,33+,34?,37-,38-,39?,40-,41-/m0/s1. The first-order valence-corrected chi connectivity index (χ1v) is 21.4. The van der Waals surface area contributed by atoms with Crippen molar-refractivity contribution < 1.29 is 49.7 Å². The van der Waals surface area contributed by atoms with E-state index in [-0.39, 0.29) is 12.5 Å². The molecule has 53 heavy (non-hydrogen) atoms. The molecule has 314 valence electrons. The number of nitrogens with zero attached hydrogens (tertiary/aromatic N) is 1. The minimum Gasteiger partial charge on any atom is -0.394 e. The fourth-order valence-corrected chi connectivity index (χ4v) is 6.95. The summed E-state index contributed by atoms with van der Waals surface area (Å²) in [6, 6.07) is -1.14. The van der Waals surface area contributed by atoms with Crippen molar-refractivity contribution in [3.8, 4) is 0 Å². The molecule has 0 radical (unpaired) electrons. The van der Waals surface area contributed by atoms with Gasteiger partial charge in [-0.1, -0.05) is 155 Å². The van der Waals surface area contributed by atoms with Crippen molar-refractivity contribution in [3.05, 3.63) is 0 Å². The Morgan fingerprint density at radius 1 is 0.679 bits per heavy atom. The fourth-order valence-electron chi connectivity index (χ4n) is 6.95. The SMILES string of the molecule is CCCCCCCCCCCCCCC[C@@H](O)[C@@H](O)[C@H](CO[C@H]1OC(CO)[C@H](O)C(O)[C@@H]1O)NC(=O)CN(C)C(=O)CCCCCCCCCCCC. The lowest BCUT2D eigenvalue weighted by molar-refractivity contribution is -0.303. The third-order valence-electron chi connectivity index (χ3n) is 10.6. The summed E-state index contributed by atoms with van der Waals surface area (Å²) < 4.78 is 11.1. The van der Waals surface area contributed by atoms with Gasteiger partial charge in [0.25, 0.3) is 0 Å². The molecule has 0 bridgehead atoms. The van der Waals surface area contributed by atoms with Gasteiger partial charge < -0.3 is 50.3 Å². The summed E-state index contributed by atoms with van der Waals surface area (Å²) in [4.78, 5) is 27.2. The van der Waals surface area contributed by atoms with Crippen LogP contribution in [0.3, 0.4) is 0 Å². The number of ether oxygens (including phenoxy) is 2. The molecular weight excluding hydrogens is 680 g/mol. The molecule has 12 heteroatoms. The van der Waals surface area contributed by atoms with Crippen LogP contribution in [-0.4, -0.2) is 123 Å². The summed E-state index contributed by atoms with van der Waals surface area (Å²) in [6.45, 7) is 3.14. The molecule has 0 aromatic rings. The van der Waals surface area contributed by atoms with Crippen molar-refractivity contribution in [2.45, 2.75) is 223 Å². The molecule has 0 aromatic carbocycles. The molecule has 1 heterocycles. The number of hydrogen-bond acceptors (Lipinski definition) is 10. The molecule has 8 atom stereocenters. The second-order valence-electron chi connectivity index (χ2n) is 15.5. The highest BCUT2D eigenvalue weighted by Gasteiger charge is 2.44. The van der Waals surface area contributed by atoms with Crippen LogP contribution in [0.5, 0.6) is 0 Å². The zero-order chi connectivity index (χ0) is 39.3. The highest BCUT2D eigenvalue weighted by Crippen LogP contribution is 2.23. The van der Waals surface area contributed by atoms with E-state index in [0.717, 1.165) is 38.5 Å². The van der Waals surface area contributed by atoms with Crippen molar-refractivity contribution in [1.29, 1.82) is 0 Å². The van der Waals surface area contributed by atoms with Crippen LogP contribution < -0.4 is 5.32 Å². The van der Waals surface area contributed by atoms with E-state index in [4.69, 9.17) is 9.47 Å². The lowest BCUT2D eigenvalue weighted by Gasteiger charge is -2.40. The molecule has 2 amide bonds. The molecule has 1 aliphatic heterocycles. The smallest absolute Gasteiger partial charge is 0.240 e. The highest BCUT2D eigenvalue weighted by atomic mass is 16.7. The van der Waals surface area contributed by atoms with Crippen LogP contribution in [0.4, 0.5) is 0 Å². The fraction of sp³-hybridized carbons (Fsp3) is 0.951. The van der Waals surface area contributed by atoms with Crippen LogP contribution in [0, 0.1) is 0 Å². The van der Waals surface area contributed by atoms with E-state index in [1.807, 2.05) is 0 Å². The topological polar surface area (TPSA) is 189 Å². The molecule has 0 spiro atoms. The maximum Gasteiger partial charge on any atom is 0.240 e. The zero-order valence-corrected chi connectivity index (χ0v) is 33.7. The maximum absolute atomic E-state index is 13.1. The van der Waals surface area contributed by atoms with Crippen LogP contribution in [0.2, 0.25) is 0 Å². The Morgan fingerprint density at radius 2 is 1.13 bits per heavy atom. The second-order valence-corrected chi connectivity index (χ2v) is 15.5. The maximum atomic E-state index is 13.1. The Balaban J connectivity index is 2.57. The van der Waals surface area contributed by atoms with Crippen molar-refractivity contribution in [2.75, 3.05) is 26.8 Å². The van der Waals surface area contributed by atoms with Crippen LogP contribution in [0.15, 0.2) is 0 Å². The highest BCUT2D eigenvalue weighted by molar-refractivity contribution is 5.84. The van der Waals surface area contributed by atoms with E-state index in [1.165, 1.54) is 108 Å². The Kier molecular flexibility index (Phi) is 29.8. The molecule has 1 fully saturated rings. The zero-order valence-electron chi connectivity index (χ0n) is 33.7. The van der Waals surface area contributed by atoms with Crippen molar-refractivity contribution in [2.24, 2.45) is 0 Å². The van der Waals surface area contributed by atoms with E-state index >= 15 is 0 Å². The molecular formula is C41H80N2O10. The van der Waals surface area contributed by atoms with Crippen molar-refractivity contribution in [1.82, 2.24) is 10.2 Å². The van der Waals surface area contributed by atoms with Crippen molar-refractivity contribution in [3.63, 3.8) is 0 Å². The molecule has 12 nitrogen and oxygen atoms in total. The summed E-state index contributed by atoms with van der Waals surface area (Å²) in [5, 5.41) is 64.9. The Hall–Kier alpha value is -1.38. The van der Waals surface area contributed by atoms with Gasteiger partial charge in [0.2, 0.25) is 11.8 Å². The molecule has 2 unspecified atom stereocenters. The summed E-state index contributed by atoms with van der Waals surface area (Å²) in [5.74, 6) is -0.713. The molecule has 1 rings (SSSR count). The summed E-state index contributed by atoms with van der Waals surface area (Å²) in [5.41, 5.74) is 0. The average molecular weight is 761 g/mol. The first-order chi connectivity index (χ1) is 25.6. The lowest BCUT2D eigenvalue weighted by Crippen LogP contribution is -2.60. The minimum atomic E-state index is -1.66. The molecule has 0 saturated carbocycles. The first kappa shape index (κ1) is 49.6. The molecule has 1 aliphatic rings. The normalized spacial score (nSPS) is 22.0. The van der Waals surface area contributed by atoms with E-state index < -0.39 is 68.1 Å². The number of rotatable bonds is 34. The van der Waals surface area contributed by atoms with E-state index in [2.05, 4.69) is 19.2 Å². The van der Waals surface area contributed by atoms with Gasteiger partial charge in [0.05, 0.1) is 31.9 Å². The van der Waals surface area contributed by atoms with Gasteiger partial charge in [-0.15, -0.1) is 0 Å². The predicted octanol–water partition coefficient (Wildman–Crippen LogP) is 5.26. The van der Waals surface area contributed by atoms with E-state index in [1.54, 1.807) is 7.05 Å². The number of aliphatic hydroxyl groups is 6. The molecule has 7 N–H and O–H groups in total. The third-order valence-corrected chi connectivity index (χ3v) is 10.6. The number of unbranched alkanes of at least 4 members (excludes halogenated alkanes) is 21. The average Bonchev–Trinajstić information content (AvgIpc) is 3.15. The number of amides is 2. The van der Waals surface area contributed by atoms with Crippen LogP contribution in [0.25, 0.3) is 0 Å². The van der Waals surface area contributed by atoms with E-state index in [9.17, 15) is 40.2 Å². The van der Waals surface area contributed by atoms with Gasteiger partial charge in [-0.3, -0.25) is 9.59 Å². The van der Waals surface area contributed by atoms with Gasteiger partial charge in [0, 0.05) is 13.5 Å². The minimum absolute atomic E-state index is 0.156. The number of carbonyl (C=O) groups is 2. The molecule has 0 aromatic heterocycles. The van der Waals surface area contributed by atoms with Crippen LogP contribution >= 0.6 is 0 Å². The van der Waals surface area contributed by atoms with Crippen LogP contribution in [0.1, 0.15) is 174 Å². The van der Waals surface area contributed by atoms with Gasteiger partial charge in [-0.05, 0) is 12.8 Å². The third kappa shape index (κ3) is 22.7. The lowest BCUT2D eigenvalue weighted by atomic mass is 9.98. The van der Waals surface area contributed by atoms with Gasteiger partial charge >= 0.3 is 0 Å². The predicted molar refractivity (Wildman–Crippen MR) is 208 cm³/mol. The largest absolute Gasteiger partial charge is 0.394 e. The molecule has 0 aliphatic carbocycles. The van der Waals surface area contributed by atoms with Gasteiger partial charge in [-0.2, -0.15) is 0 Å². The number of likely N-dealkylation sites (N-methyl/N-ethyl adjacent to an activating group) is 1. The number of aliphatic hydroxyl groups excluding tert-OH is 6. The Labute approximate surface area is 321 Å². The molecule has 1 saturated heterocycles. The number of carbonyl (C=O) groups excluding carboxylic acids is 2. The van der Waals surface area contributed by atoms with Gasteiger partial charge in [-0.25, -0.2) is 0 Å². The summed E-state index contributed by atoms with van der Waals surface area (Å²) >= 11 is 0. The van der Waals surface area contributed by atoms with Gasteiger partial charge in [0.1, 0.15) is 30.5 Å². The summed E-state index contributed by atoms with van der Waals surface area (Å²) in [6.07, 6.45) is 17.5. The Bertz CT molecular complexity index is 897. The first-order valence-electron chi connectivity index (χ1n) is 21.4.